The van der Waals surface area contributed by atoms with Crippen LogP contribution in [0.5, 0.6) is 0 Å². The fourth-order valence-electron chi connectivity index (χ4n) is 4.26. The summed E-state index contributed by atoms with van der Waals surface area (Å²) in [5.41, 5.74) is 5.45. The Labute approximate surface area is 261 Å². The maximum Gasteiger partial charge on any atom is 0.407 e. The lowest BCUT2D eigenvalue weighted by Gasteiger charge is -2.32. The van der Waals surface area contributed by atoms with Crippen molar-refractivity contribution < 1.29 is 44.7 Å². The van der Waals surface area contributed by atoms with Crippen LogP contribution in [0.15, 0.2) is 34.6 Å². The number of alkyl halides is 7. The molecule has 2 unspecified atom stereocenters. The Kier molecular flexibility index (Phi) is 18.7. The highest BCUT2D eigenvalue weighted by Gasteiger charge is 2.39. The number of hydrogen-bond donors (Lipinski definition) is 5. The number of aldehydes is 1. The van der Waals surface area contributed by atoms with E-state index in [1.165, 1.54) is 12.3 Å². The number of halogens is 8. The van der Waals surface area contributed by atoms with Gasteiger partial charge in [0, 0.05) is 44.6 Å². The number of rotatable bonds is 11. The largest absolute Gasteiger partial charge is 0.407 e. The molecule has 20 heteroatoms. The third-order valence-corrected chi connectivity index (χ3v) is 6.24. The molecule has 2 rings (SSSR count). The van der Waals surface area contributed by atoms with Crippen LogP contribution in [0.3, 0.4) is 0 Å². The smallest absolute Gasteiger partial charge is 0.405 e. The van der Waals surface area contributed by atoms with Gasteiger partial charge in [-0.3, -0.25) is 24.3 Å². The Morgan fingerprint density at radius 2 is 1.83 bits per heavy atom. The maximum absolute atomic E-state index is 12.9. The molecule has 1 fully saturated rings. The number of hydrazine groups is 1. The summed E-state index contributed by atoms with van der Waals surface area (Å²) in [6.07, 6.45) is -3.56. The minimum absolute atomic E-state index is 0.0228. The molecule has 12 nitrogen and oxygen atoms in total. The third-order valence-electron chi connectivity index (χ3n) is 6.24. The van der Waals surface area contributed by atoms with Crippen LogP contribution in [-0.4, -0.2) is 89.8 Å². The number of hydrogen-bond acceptors (Lipinski definition) is 9. The van der Waals surface area contributed by atoms with Crippen LogP contribution in [0.4, 0.5) is 35.1 Å². The molecule has 1 amide bonds. The Morgan fingerprint density at radius 1 is 1.24 bits per heavy atom. The zero-order chi connectivity index (χ0) is 35.7. The van der Waals surface area contributed by atoms with Crippen LogP contribution in [0.2, 0.25) is 0 Å². The number of aromatic nitrogens is 2. The average molecular weight is 679 g/mol. The SMILES string of the molecule is CC(C)N=C(C=O)/C=C\N.CNC(=O)C(NC)C1CCC(F)(F)CC1.N/N=C(/C(CC(F)F)n1ccc(F)n1)N(N)CC(F)(F)F. The van der Waals surface area contributed by atoms with Gasteiger partial charge in [-0.1, -0.05) is 0 Å². The predicted octanol–water partition coefficient (Wildman–Crippen LogP) is 2.88. The number of nitrogens with two attached hydrogens (primary N) is 3. The standard InChI is InChI=1S/C10H18F2N2O.C9H12F6N6.C7H12N2O/c1-13-8(9(15)14-2)7-3-5-10(11,12)6-4-7;10-6(11)3-5(21-2-1-7(12)19-21)8(18-16)20(17)4-9(13,14)15;1-6(2)9-7(5-10)3-4-8/h7-8,13H,3-6H2,1-2H3,(H,14,15);1-2,5-6H,3-4,16-17H2;3-6H,8H2,1-2H3/b;18-8-;4-3-,9-7?. The quantitative estimate of drug-likeness (QED) is 0.0592. The molecule has 0 bridgehead atoms. The van der Waals surface area contributed by atoms with E-state index in [9.17, 15) is 44.7 Å². The van der Waals surface area contributed by atoms with Gasteiger partial charge in [-0.15, -0.1) is 5.10 Å². The number of aliphatic imine (C=N–C) groups is 1. The summed E-state index contributed by atoms with van der Waals surface area (Å²) < 4.78 is 101. The first-order chi connectivity index (χ1) is 21.3. The minimum atomic E-state index is -4.70. The van der Waals surface area contributed by atoms with Gasteiger partial charge >= 0.3 is 6.18 Å². The van der Waals surface area contributed by atoms with E-state index in [4.69, 9.17) is 17.4 Å². The molecule has 0 spiro atoms. The number of nitrogens with zero attached hydrogens (tertiary/aromatic N) is 5. The van der Waals surface area contributed by atoms with Gasteiger partial charge in [0.05, 0.1) is 11.8 Å². The summed E-state index contributed by atoms with van der Waals surface area (Å²) in [6.45, 7) is 2.13. The number of hydrazone groups is 1. The summed E-state index contributed by atoms with van der Waals surface area (Å²) in [6, 6.07) is -0.897. The van der Waals surface area contributed by atoms with Crippen molar-refractivity contribution in [2.75, 3.05) is 20.6 Å². The first-order valence-electron chi connectivity index (χ1n) is 13.9. The second kappa shape index (κ2) is 20.3. The van der Waals surface area contributed by atoms with Crippen LogP contribution < -0.4 is 28.1 Å². The van der Waals surface area contributed by atoms with E-state index in [-0.39, 0.29) is 41.8 Å². The lowest BCUT2D eigenvalue weighted by atomic mass is 9.82. The summed E-state index contributed by atoms with van der Waals surface area (Å²) in [4.78, 5) is 25.6. The van der Waals surface area contributed by atoms with E-state index in [2.05, 4.69) is 25.8 Å². The van der Waals surface area contributed by atoms with Crippen LogP contribution in [0, 0.1) is 11.9 Å². The Morgan fingerprint density at radius 3 is 2.20 bits per heavy atom. The molecule has 1 aliphatic rings. The molecule has 264 valence electrons. The molecule has 0 aliphatic heterocycles. The molecule has 1 saturated carbocycles. The van der Waals surface area contributed by atoms with Crippen molar-refractivity contribution in [2.24, 2.45) is 33.4 Å². The zero-order valence-corrected chi connectivity index (χ0v) is 25.8. The van der Waals surface area contributed by atoms with Crippen LogP contribution in [-0.2, 0) is 9.59 Å². The fourth-order valence-corrected chi connectivity index (χ4v) is 4.26. The molecule has 0 aromatic carbocycles. The van der Waals surface area contributed by atoms with E-state index in [1.54, 1.807) is 14.1 Å². The molecule has 0 saturated heterocycles. The van der Waals surface area contributed by atoms with Gasteiger partial charge in [-0.25, -0.2) is 23.4 Å². The van der Waals surface area contributed by atoms with Gasteiger partial charge in [-0.05, 0) is 51.9 Å². The van der Waals surface area contributed by atoms with Gasteiger partial charge < -0.3 is 22.2 Å². The number of carbonyl (C=O) groups excluding carboxylic acids is 2. The summed E-state index contributed by atoms with van der Waals surface area (Å²) in [5, 5.41) is 11.8. The number of likely N-dealkylation sites (N-methyl/N-ethyl adjacent to an activating group) is 2. The lowest BCUT2D eigenvalue weighted by Crippen LogP contribution is -2.48. The van der Waals surface area contributed by atoms with Gasteiger partial charge in [0.2, 0.25) is 24.2 Å². The minimum Gasteiger partial charge on any atom is -0.405 e. The van der Waals surface area contributed by atoms with Crippen LogP contribution in [0.25, 0.3) is 0 Å². The monoisotopic (exact) mass is 678 g/mol. The van der Waals surface area contributed by atoms with E-state index >= 15 is 0 Å². The van der Waals surface area contributed by atoms with Gasteiger partial charge in [0.15, 0.2) is 12.1 Å². The van der Waals surface area contributed by atoms with E-state index in [0.29, 0.717) is 29.5 Å². The Bertz CT molecular complexity index is 1130. The van der Waals surface area contributed by atoms with Gasteiger partial charge in [0.25, 0.3) is 0 Å². The highest BCUT2D eigenvalue weighted by atomic mass is 19.4. The van der Waals surface area contributed by atoms with Crippen molar-refractivity contribution in [3.63, 3.8) is 0 Å². The average Bonchev–Trinajstić information content (AvgIpc) is 3.39. The van der Waals surface area contributed by atoms with Crippen molar-refractivity contribution in [1.82, 2.24) is 25.4 Å². The van der Waals surface area contributed by atoms with Crippen molar-refractivity contribution in [3.8, 4) is 0 Å². The number of amidine groups is 1. The molecule has 1 aromatic heterocycles. The maximum atomic E-state index is 12.9. The van der Waals surface area contributed by atoms with Gasteiger partial charge in [-0.2, -0.15) is 22.7 Å². The third kappa shape index (κ3) is 16.5. The lowest BCUT2D eigenvalue weighted by molar-refractivity contribution is -0.138. The van der Waals surface area contributed by atoms with Crippen molar-refractivity contribution in [2.45, 2.75) is 82.6 Å². The molecule has 8 N–H and O–H groups in total. The molecule has 2 atom stereocenters. The number of carbonyl (C=O) groups is 2. The van der Waals surface area contributed by atoms with Crippen molar-refractivity contribution in [1.29, 1.82) is 0 Å². The van der Waals surface area contributed by atoms with Crippen molar-refractivity contribution >= 4 is 23.7 Å². The summed E-state index contributed by atoms with van der Waals surface area (Å²) in [5.74, 6) is 5.77. The Hall–Kier alpha value is -3.81. The molecule has 1 aromatic rings. The second-order valence-corrected chi connectivity index (χ2v) is 10.2. The molecule has 46 heavy (non-hydrogen) atoms. The Balaban J connectivity index is 0.000000708. The molecular weight excluding hydrogens is 636 g/mol. The van der Waals surface area contributed by atoms with Crippen LogP contribution >= 0.6 is 0 Å². The summed E-state index contributed by atoms with van der Waals surface area (Å²) in [7, 11) is 3.25. The molecule has 1 aliphatic carbocycles. The first-order valence-corrected chi connectivity index (χ1v) is 13.9. The number of amides is 1. The van der Waals surface area contributed by atoms with E-state index in [1.807, 2.05) is 13.8 Å². The first kappa shape index (κ1) is 42.2. The summed E-state index contributed by atoms with van der Waals surface area (Å²) >= 11 is 0. The highest BCUT2D eigenvalue weighted by molar-refractivity contribution is 6.33. The second-order valence-electron chi connectivity index (χ2n) is 10.2. The predicted molar refractivity (Wildman–Crippen MR) is 156 cm³/mol. The van der Waals surface area contributed by atoms with E-state index in [0.717, 1.165) is 12.3 Å². The highest BCUT2D eigenvalue weighted by Crippen LogP contribution is 2.37. The molecular formula is C26H42F8N10O2. The normalized spacial score (nSPS) is 17.1. The van der Waals surface area contributed by atoms with Gasteiger partial charge in [0.1, 0.15) is 12.6 Å². The fraction of sp³-hybridized carbons (Fsp3) is 0.654. The molecule has 0 radical (unpaired) electrons. The zero-order valence-electron chi connectivity index (χ0n) is 25.8. The van der Waals surface area contributed by atoms with E-state index < -0.39 is 49.3 Å². The molecule has 1 heterocycles. The van der Waals surface area contributed by atoms with Crippen molar-refractivity contribution in [3.05, 3.63) is 30.5 Å². The number of allylic oxidation sites excluding steroid dienone is 1. The van der Waals surface area contributed by atoms with Crippen LogP contribution in [0.1, 0.15) is 52.0 Å². The number of nitrogens with one attached hydrogen (secondary N) is 2. The topological polar surface area (TPSA) is 182 Å².